The summed E-state index contributed by atoms with van der Waals surface area (Å²) in [6.45, 7) is 1.09. The average Bonchev–Trinajstić information content (AvgIpc) is 2.99. The van der Waals surface area contributed by atoms with Crippen LogP contribution in [0.15, 0.2) is 53.4 Å². The number of carbonyl (C=O) groups is 3. The first-order valence-corrected chi connectivity index (χ1v) is 11.5. The van der Waals surface area contributed by atoms with Crippen molar-refractivity contribution in [3.8, 4) is 5.75 Å². The standard InChI is InChI=1S/C22H25N3O6S/c1-4-18(21(27)23-2)24(13-15-8-7-9-16(12-15)31-3)20(26)14-25-22(28)17-10-5-6-11-19(17)32(25,29)30/h5-12,18H,4,13-14H2,1-3H3,(H,23,27)/t18-/m0/s1. The molecule has 1 heterocycles. The van der Waals surface area contributed by atoms with Crippen LogP contribution >= 0.6 is 0 Å². The molecule has 0 aromatic heterocycles. The van der Waals surface area contributed by atoms with E-state index in [1.165, 1.54) is 37.3 Å². The van der Waals surface area contributed by atoms with E-state index in [0.29, 0.717) is 22.0 Å². The van der Waals surface area contributed by atoms with Gasteiger partial charge in [0.1, 0.15) is 23.2 Å². The molecule has 0 bridgehead atoms. The Morgan fingerprint density at radius 1 is 1.16 bits per heavy atom. The van der Waals surface area contributed by atoms with Gasteiger partial charge in [-0.2, -0.15) is 0 Å². The van der Waals surface area contributed by atoms with Crippen molar-refractivity contribution in [2.45, 2.75) is 30.8 Å². The van der Waals surface area contributed by atoms with Crippen molar-refractivity contribution < 1.29 is 27.5 Å². The average molecular weight is 460 g/mol. The van der Waals surface area contributed by atoms with Crippen LogP contribution in [0.1, 0.15) is 29.3 Å². The SMILES string of the molecule is CC[C@@H](C(=O)NC)N(Cc1cccc(OC)c1)C(=O)CN1C(=O)c2ccccc2S1(=O)=O. The highest BCUT2D eigenvalue weighted by molar-refractivity contribution is 7.90. The lowest BCUT2D eigenvalue weighted by Crippen LogP contribution is -2.51. The number of hydrogen-bond donors (Lipinski definition) is 1. The van der Waals surface area contributed by atoms with Crippen LogP contribution in [0.5, 0.6) is 5.75 Å². The fraction of sp³-hybridized carbons (Fsp3) is 0.318. The zero-order valence-corrected chi connectivity index (χ0v) is 18.9. The molecule has 3 amide bonds. The van der Waals surface area contributed by atoms with Crippen LogP contribution in [-0.2, 0) is 26.2 Å². The van der Waals surface area contributed by atoms with Gasteiger partial charge in [0.15, 0.2) is 0 Å². The lowest BCUT2D eigenvalue weighted by molar-refractivity contribution is -0.141. The molecule has 32 heavy (non-hydrogen) atoms. The first kappa shape index (κ1) is 23.3. The topological polar surface area (TPSA) is 113 Å². The number of nitrogens with one attached hydrogen (secondary N) is 1. The number of hydrogen-bond acceptors (Lipinski definition) is 6. The summed E-state index contributed by atoms with van der Waals surface area (Å²) in [6, 6.07) is 12.0. The van der Waals surface area contributed by atoms with Crippen LogP contribution in [0.2, 0.25) is 0 Å². The summed E-state index contributed by atoms with van der Waals surface area (Å²) >= 11 is 0. The van der Waals surface area contributed by atoms with Gasteiger partial charge in [-0.3, -0.25) is 14.4 Å². The van der Waals surface area contributed by atoms with Crippen LogP contribution in [0.3, 0.4) is 0 Å². The highest BCUT2D eigenvalue weighted by atomic mass is 32.2. The van der Waals surface area contributed by atoms with Gasteiger partial charge in [0.05, 0.1) is 12.7 Å². The van der Waals surface area contributed by atoms with Crippen LogP contribution < -0.4 is 10.1 Å². The molecule has 1 N–H and O–H groups in total. The predicted molar refractivity (Wildman–Crippen MR) is 116 cm³/mol. The Morgan fingerprint density at radius 3 is 2.50 bits per heavy atom. The van der Waals surface area contributed by atoms with E-state index < -0.39 is 34.4 Å². The van der Waals surface area contributed by atoms with E-state index in [2.05, 4.69) is 5.32 Å². The molecule has 0 saturated heterocycles. The molecular formula is C22H25N3O6S. The summed E-state index contributed by atoms with van der Waals surface area (Å²) in [4.78, 5) is 39.7. The maximum absolute atomic E-state index is 13.3. The Labute approximate surface area is 187 Å². The minimum Gasteiger partial charge on any atom is -0.497 e. The smallest absolute Gasteiger partial charge is 0.269 e. The van der Waals surface area contributed by atoms with E-state index in [1.807, 2.05) is 0 Å². The quantitative estimate of drug-likeness (QED) is 0.638. The Kier molecular flexibility index (Phi) is 6.83. The molecule has 0 unspecified atom stereocenters. The second kappa shape index (κ2) is 9.39. The number of fused-ring (bicyclic) bond motifs is 1. The van der Waals surface area contributed by atoms with Gasteiger partial charge < -0.3 is 15.0 Å². The normalized spacial score (nSPS) is 15.1. The van der Waals surface area contributed by atoms with E-state index >= 15 is 0 Å². The van der Waals surface area contributed by atoms with Crippen molar-refractivity contribution in [2.75, 3.05) is 20.7 Å². The Balaban J connectivity index is 1.93. The largest absolute Gasteiger partial charge is 0.497 e. The molecule has 0 spiro atoms. The minimum absolute atomic E-state index is 0.0259. The molecule has 2 aromatic carbocycles. The second-order valence-corrected chi connectivity index (χ2v) is 9.06. The first-order chi connectivity index (χ1) is 15.2. The van der Waals surface area contributed by atoms with Gasteiger partial charge >= 0.3 is 0 Å². The Bertz CT molecular complexity index is 1150. The van der Waals surface area contributed by atoms with Crippen LogP contribution in [0.25, 0.3) is 0 Å². The van der Waals surface area contributed by atoms with Crippen molar-refractivity contribution in [1.29, 1.82) is 0 Å². The van der Waals surface area contributed by atoms with E-state index in [-0.39, 0.29) is 22.9 Å². The number of benzene rings is 2. The molecule has 0 fully saturated rings. The molecule has 0 saturated carbocycles. The van der Waals surface area contributed by atoms with Crippen LogP contribution in [0, 0.1) is 0 Å². The van der Waals surface area contributed by atoms with Crippen molar-refractivity contribution in [2.24, 2.45) is 0 Å². The molecule has 2 aromatic rings. The maximum atomic E-state index is 13.3. The van der Waals surface area contributed by atoms with Crippen LogP contribution in [0.4, 0.5) is 0 Å². The third-order valence-corrected chi connectivity index (χ3v) is 7.10. The zero-order chi connectivity index (χ0) is 23.5. The van der Waals surface area contributed by atoms with E-state index in [4.69, 9.17) is 4.74 Å². The maximum Gasteiger partial charge on any atom is 0.269 e. The summed E-state index contributed by atoms with van der Waals surface area (Å²) in [5.41, 5.74) is 0.719. The fourth-order valence-electron chi connectivity index (χ4n) is 3.65. The lowest BCUT2D eigenvalue weighted by Gasteiger charge is -2.31. The minimum atomic E-state index is -4.15. The van der Waals surface area contributed by atoms with E-state index in [0.717, 1.165) is 0 Å². The summed E-state index contributed by atoms with van der Waals surface area (Å²) in [7, 11) is -1.17. The summed E-state index contributed by atoms with van der Waals surface area (Å²) in [6.07, 6.45) is 0.302. The summed E-state index contributed by atoms with van der Waals surface area (Å²) in [5, 5.41) is 2.54. The number of rotatable bonds is 8. The molecule has 9 nitrogen and oxygen atoms in total. The number of carbonyl (C=O) groups excluding carboxylic acids is 3. The summed E-state index contributed by atoms with van der Waals surface area (Å²) in [5.74, 6) is -1.23. The van der Waals surface area contributed by atoms with E-state index in [9.17, 15) is 22.8 Å². The zero-order valence-electron chi connectivity index (χ0n) is 18.1. The molecule has 10 heteroatoms. The number of methoxy groups -OCH3 is 1. The lowest BCUT2D eigenvalue weighted by atomic mass is 10.1. The van der Waals surface area contributed by atoms with Gasteiger partial charge in [0.25, 0.3) is 15.9 Å². The molecule has 0 radical (unpaired) electrons. The third-order valence-electron chi connectivity index (χ3n) is 5.31. The number of likely N-dealkylation sites (N-methyl/N-ethyl adjacent to an activating group) is 1. The highest BCUT2D eigenvalue weighted by Gasteiger charge is 2.43. The van der Waals surface area contributed by atoms with Crippen molar-refractivity contribution in [3.05, 3.63) is 59.7 Å². The van der Waals surface area contributed by atoms with Crippen LogP contribution in [-0.4, -0.2) is 62.1 Å². The van der Waals surface area contributed by atoms with Gasteiger partial charge in [-0.1, -0.05) is 31.2 Å². The highest BCUT2D eigenvalue weighted by Crippen LogP contribution is 2.30. The van der Waals surface area contributed by atoms with Gasteiger partial charge in [-0.15, -0.1) is 0 Å². The number of ether oxygens (including phenoxy) is 1. The molecule has 1 aliphatic rings. The third kappa shape index (κ3) is 4.31. The Morgan fingerprint density at radius 2 is 1.88 bits per heavy atom. The second-order valence-electron chi connectivity index (χ2n) is 7.22. The van der Waals surface area contributed by atoms with E-state index in [1.54, 1.807) is 37.3 Å². The molecule has 0 aliphatic carbocycles. The molecule has 170 valence electrons. The monoisotopic (exact) mass is 459 g/mol. The first-order valence-electron chi connectivity index (χ1n) is 10.0. The van der Waals surface area contributed by atoms with Gasteiger partial charge in [0.2, 0.25) is 11.8 Å². The van der Waals surface area contributed by atoms with Crippen molar-refractivity contribution in [1.82, 2.24) is 14.5 Å². The number of sulfonamides is 1. The molecule has 3 rings (SSSR count). The predicted octanol–water partition coefficient (Wildman–Crippen LogP) is 1.39. The molecule has 1 aliphatic heterocycles. The van der Waals surface area contributed by atoms with Gasteiger partial charge in [-0.05, 0) is 36.2 Å². The van der Waals surface area contributed by atoms with Gasteiger partial charge in [-0.25, -0.2) is 12.7 Å². The van der Waals surface area contributed by atoms with Crippen molar-refractivity contribution >= 4 is 27.7 Å². The fourth-order valence-corrected chi connectivity index (χ4v) is 5.17. The van der Waals surface area contributed by atoms with Crippen molar-refractivity contribution in [3.63, 3.8) is 0 Å². The Hall–Kier alpha value is -3.40. The molecular weight excluding hydrogens is 434 g/mol. The summed E-state index contributed by atoms with van der Waals surface area (Å²) < 4.78 is 31.5. The molecule has 1 atom stereocenters. The number of nitrogens with zero attached hydrogens (tertiary/aromatic N) is 2. The van der Waals surface area contributed by atoms with Gasteiger partial charge in [0, 0.05) is 13.6 Å². The number of amides is 3.